The van der Waals surface area contributed by atoms with Crippen LogP contribution in [-0.2, 0) is 6.54 Å². The molecule has 0 saturated heterocycles. The molecule has 1 unspecified atom stereocenters. The second-order valence-electron chi connectivity index (χ2n) is 4.97. The van der Waals surface area contributed by atoms with Crippen LogP contribution in [0.25, 0.3) is 0 Å². The lowest BCUT2D eigenvalue weighted by molar-refractivity contribution is 0.0649. The molecule has 1 rings (SSSR count). The SMILES string of the molecule is CCCn1cc(NC(C)C(C)(C)O)ccc1=O. The fraction of sp³-hybridized carbons (Fsp3) is 0.615. The first-order valence-electron chi connectivity index (χ1n) is 6.04. The van der Waals surface area contributed by atoms with Gasteiger partial charge < -0.3 is 15.0 Å². The van der Waals surface area contributed by atoms with E-state index < -0.39 is 5.60 Å². The lowest BCUT2D eigenvalue weighted by Gasteiger charge is -2.27. The number of hydrogen-bond acceptors (Lipinski definition) is 3. The summed E-state index contributed by atoms with van der Waals surface area (Å²) in [6.07, 6.45) is 2.72. The van der Waals surface area contributed by atoms with E-state index in [0.29, 0.717) is 6.54 Å². The molecule has 0 saturated carbocycles. The van der Waals surface area contributed by atoms with Crippen molar-refractivity contribution in [2.75, 3.05) is 5.32 Å². The fourth-order valence-corrected chi connectivity index (χ4v) is 1.46. The Morgan fingerprint density at radius 3 is 2.65 bits per heavy atom. The van der Waals surface area contributed by atoms with Crippen LogP contribution in [0, 0.1) is 0 Å². The van der Waals surface area contributed by atoms with Gasteiger partial charge >= 0.3 is 0 Å². The summed E-state index contributed by atoms with van der Waals surface area (Å²) >= 11 is 0. The van der Waals surface area contributed by atoms with E-state index in [-0.39, 0.29) is 11.6 Å². The summed E-state index contributed by atoms with van der Waals surface area (Å²) in [7, 11) is 0. The standard InChI is InChI=1S/C13H22N2O2/c1-5-8-15-9-11(6-7-12(15)16)14-10(2)13(3,4)17/h6-7,9-10,14,17H,5,8H2,1-4H3. The van der Waals surface area contributed by atoms with Gasteiger partial charge in [0.2, 0.25) is 0 Å². The van der Waals surface area contributed by atoms with Crippen molar-refractivity contribution >= 4 is 5.69 Å². The van der Waals surface area contributed by atoms with E-state index in [0.717, 1.165) is 12.1 Å². The molecule has 0 radical (unpaired) electrons. The molecule has 17 heavy (non-hydrogen) atoms. The minimum atomic E-state index is -0.800. The highest BCUT2D eigenvalue weighted by atomic mass is 16.3. The number of aliphatic hydroxyl groups is 1. The molecule has 4 heteroatoms. The molecule has 0 fully saturated rings. The van der Waals surface area contributed by atoms with Gasteiger partial charge in [-0.2, -0.15) is 0 Å². The van der Waals surface area contributed by atoms with Gasteiger partial charge in [-0.15, -0.1) is 0 Å². The third-order valence-corrected chi connectivity index (χ3v) is 2.89. The van der Waals surface area contributed by atoms with Crippen LogP contribution in [0.3, 0.4) is 0 Å². The first-order chi connectivity index (χ1) is 7.84. The lowest BCUT2D eigenvalue weighted by Crippen LogP contribution is -2.39. The number of pyridine rings is 1. The molecule has 2 N–H and O–H groups in total. The first kappa shape index (κ1) is 13.8. The number of hydrogen-bond donors (Lipinski definition) is 2. The zero-order valence-corrected chi connectivity index (χ0v) is 11.0. The molecular formula is C13H22N2O2. The van der Waals surface area contributed by atoms with E-state index in [2.05, 4.69) is 5.32 Å². The second-order valence-corrected chi connectivity index (χ2v) is 4.97. The van der Waals surface area contributed by atoms with Crippen molar-refractivity contribution in [1.29, 1.82) is 0 Å². The molecule has 0 aliphatic rings. The van der Waals surface area contributed by atoms with Crippen LogP contribution < -0.4 is 10.9 Å². The molecule has 96 valence electrons. The summed E-state index contributed by atoms with van der Waals surface area (Å²) in [5.74, 6) is 0. The predicted molar refractivity (Wildman–Crippen MR) is 70.4 cm³/mol. The van der Waals surface area contributed by atoms with E-state index in [9.17, 15) is 9.90 Å². The fourth-order valence-electron chi connectivity index (χ4n) is 1.46. The van der Waals surface area contributed by atoms with Crippen molar-refractivity contribution in [3.63, 3.8) is 0 Å². The van der Waals surface area contributed by atoms with Crippen molar-refractivity contribution in [1.82, 2.24) is 4.57 Å². The van der Waals surface area contributed by atoms with E-state index in [4.69, 9.17) is 0 Å². The largest absolute Gasteiger partial charge is 0.388 e. The Kier molecular flexibility index (Phi) is 4.34. The van der Waals surface area contributed by atoms with Gasteiger partial charge in [-0.25, -0.2) is 0 Å². The average molecular weight is 238 g/mol. The molecule has 0 bridgehead atoms. The zero-order valence-electron chi connectivity index (χ0n) is 11.0. The summed E-state index contributed by atoms with van der Waals surface area (Å²) in [4.78, 5) is 11.5. The number of rotatable bonds is 5. The Hall–Kier alpha value is -1.29. The summed E-state index contributed by atoms with van der Waals surface area (Å²) in [5, 5.41) is 13.0. The van der Waals surface area contributed by atoms with Gasteiger partial charge in [-0.3, -0.25) is 4.79 Å². The third-order valence-electron chi connectivity index (χ3n) is 2.89. The maximum atomic E-state index is 11.5. The van der Waals surface area contributed by atoms with Gasteiger partial charge in [0.05, 0.1) is 17.3 Å². The van der Waals surface area contributed by atoms with Crippen molar-refractivity contribution in [3.05, 3.63) is 28.7 Å². The Balaban J connectivity index is 2.86. The van der Waals surface area contributed by atoms with Gasteiger partial charge in [-0.1, -0.05) is 6.92 Å². The van der Waals surface area contributed by atoms with Crippen molar-refractivity contribution in [2.45, 2.75) is 52.3 Å². The minimum absolute atomic E-state index is 0.00770. The second kappa shape index (κ2) is 5.36. The molecular weight excluding hydrogens is 216 g/mol. The Bertz CT molecular complexity index is 418. The third kappa shape index (κ3) is 3.89. The quantitative estimate of drug-likeness (QED) is 0.823. The number of nitrogens with one attached hydrogen (secondary N) is 1. The predicted octanol–water partition coefficient (Wildman–Crippen LogP) is 1.83. The highest BCUT2D eigenvalue weighted by Crippen LogP contribution is 2.14. The zero-order chi connectivity index (χ0) is 13.1. The van der Waals surface area contributed by atoms with Crippen molar-refractivity contribution < 1.29 is 5.11 Å². The molecule has 1 aromatic heterocycles. The Labute approximate surface area is 102 Å². The number of nitrogens with zero attached hydrogens (tertiary/aromatic N) is 1. The van der Waals surface area contributed by atoms with Crippen LogP contribution in [0.4, 0.5) is 5.69 Å². The molecule has 0 amide bonds. The number of aryl methyl sites for hydroxylation is 1. The van der Waals surface area contributed by atoms with Crippen molar-refractivity contribution in [3.8, 4) is 0 Å². The molecule has 1 heterocycles. The van der Waals surface area contributed by atoms with E-state index in [1.54, 1.807) is 36.7 Å². The van der Waals surface area contributed by atoms with Gasteiger partial charge in [0.1, 0.15) is 0 Å². The van der Waals surface area contributed by atoms with Crippen molar-refractivity contribution in [2.24, 2.45) is 0 Å². The monoisotopic (exact) mass is 238 g/mol. The van der Waals surface area contributed by atoms with E-state index in [1.165, 1.54) is 0 Å². The van der Waals surface area contributed by atoms with E-state index in [1.807, 2.05) is 13.8 Å². The minimum Gasteiger partial charge on any atom is -0.388 e. The normalized spacial score (nSPS) is 13.5. The lowest BCUT2D eigenvalue weighted by atomic mass is 10.0. The number of anilines is 1. The summed E-state index contributed by atoms with van der Waals surface area (Å²) in [6.45, 7) is 8.17. The van der Waals surface area contributed by atoms with Crippen LogP contribution in [0.1, 0.15) is 34.1 Å². The highest BCUT2D eigenvalue weighted by Gasteiger charge is 2.21. The molecule has 0 spiro atoms. The Morgan fingerprint density at radius 2 is 2.12 bits per heavy atom. The van der Waals surface area contributed by atoms with Crippen LogP contribution in [-0.4, -0.2) is 21.3 Å². The summed E-state index contributed by atoms with van der Waals surface area (Å²) in [5.41, 5.74) is 0.0621. The molecule has 1 atom stereocenters. The van der Waals surface area contributed by atoms with Gasteiger partial charge in [0, 0.05) is 18.8 Å². The maximum absolute atomic E-state index is 11.5. The average Bonchev–Trinajstić information content (AvgIpc) is 2.22. The topological polar surface area (TPSA) is 54.3 Å². The summed E-state index contributed by atoms with van der Waals surface area (Å²) < 4.78 is 1.68. The first-order valence-corrected chi connectivity index (χ1v) is 6.04. The highest BCUT2D eigenvalue weighted by molar-refractivity contribution is 5.41. The van der Waals surface area contributed by atoms with Crippen LogP contribution >= 0.6 is 0 Å². The summed E-state index contributed by atoms with van der Waals surface area (Å²) in [6, 6.07) is 3.21. The van der Waals surface area contributed by atoms with Crippen LogP contribution in [0.5, 0.6) is 0 Å². The van der Waals surface area contributed by atoms with Gasteiger partial charge in [0.25, 0.3) is 5.56 Å². The molecule has 4 nitrogen and oxygen atoms in total. The maximum Gasteiger partial charge on any atom is 0.250 e. The Morgan fingerprint density at radius 1 is 1.47 bits per heavy atom. The molecule has 1 aromatic rings. The van der Waals surface area contributed by atoms with Gasteiger partial charge in [-0.05, 0) is 33.3 Å². The molecule has 0 aliphatic heterocycles. The van der Waals surface area contributed by atoms with Crippen LogP contribution in [0.15, 0.2) is 23.1 Å². The smallest absolute Gasteiger partial charge is 0.250 e. The van der Waals surface area contributed by atoms with Gasteiger partial charge in [0.15, 0.2) is 0 Å². The number of aromatic nitrogens is 1. The van der Waals surface area contributed by atoms with Crippen LogP contribution in [0.2, 0.25) is 0 Å². The molecule has 0 aliphatic carbocycles. The van der Waals surface area contributed by atoms with E-state index >= 15 is 0 Å². The molecule has 0 aromatic carbocycles.